The van der Waals surface area contributed by atoms with E-state index in [0.29, 0.717) is 59.4 Å². The van der Waals surface area contributed by atoms with Crippen LogP contribution >= 0.6 is 0 Å². The van der Waals surface area contributed by atoms with Crippen LogP contribution in [0.2, 0.25) is 0 Å². The van der Waals surface area contributed by atoms with Gasteiger partial charge in [-0.2, -0.15) is 0 Å². The van der Waals surface area contributed by atoms with Crippen LogP contribution in [0.15, 0.2) is 0 Å². The Balaban J connectivity index is 1.49. The Kier molecular flexibility index (Phi) is 5.83. The minimum Gasteiger partial charge on any atom is -0.481 e. The van der Waals surface area contributed by atoms with Gasteiger partial charge < -0.3 is 14.9 Å². The lowest BCUT2D eigenvalue weighted by Crippen LogP contribution is -2.57. The molecule has 4 nitrogen and oxygen atoms in total. The quantitative estimate of drug-likeness (QED) is 0.709. The van der Waals surface area contributed by atoms with Crippen molar-refractivity contribution >= 4 is 5.97 Å². The molecule has 4 fully saturated rings. The maximum Gasteiger partial charge on any atom is 0.303 e. The number of ether oxygens (including phenoxy) is 1. The summed E-state index contributed by atoms with van der Waals surface area (Å²) in [6.07, 6.45) is 10.9. The van der Waals surface area contributed by atoms with Crippen molar-refractivity contribution < 1.29 is 19.7 Å². The van der Waals surface area contributed by atoms with Gasteiger partial charge in [0.15, 0.2) is 0 Å². The molecule has 4 rings (SSSR count). The lowest BCUT2D eigenvalue weighted by atomic mass is 9.46. The van der Waals surface area contributed by atoms with Crippen molar-refractivity contribution in [2.75, 3.05) is 7.11 Å². The molecule has 0 heterocycles. The van der Waals surface area contributed by atoms with E-state index in [1.54, 1.807) is 0 Å². The molecule has 10 atom stereocenters. The average molecular weight is 393 g/mol. The summed E-state index contributed by atoms with van der Waals surface area (Å²) in [5.74, 6) is 3.57. The summed E-state index contributed by atoms with van der Waals surface area (Å²) in [5, 5.41) is 20.3. The minimum atomic E-state index is -0.668. The van der Waals surface area contributed by atoms with Crippen molar-refractivity contribution in [2.45, 2.75) is 90.3 Å². The summed E-state index contributed by atoms with van der Waals surface area (Å²) in [6.45, 7) is 4.79. The summed E-state index contributed by atoms with van der Waals surface area (Å²) < 4.78 is 5.68. The topological polar surface area (TPSA) is 66.8 Å². The molecule has 0 amide bonds. The normalized spacial score (nSPS) is 49.0. The van der Waals surface area contributed by atoms with E-state index in [0.717, 1.165) is 19.3 Å². The molecule has 0 aromatic carbocycles. The Bertz CT molecular complexity index is 577. The largest absolute Gasteiger partial charge is 0.481 e. The van der Waals surface area contributed by atoms with Crippen LogP contribution < -0.4 is 0 Å². The summed E-state index contributed by atoms with van der Waals surface area (Å²) in [5.41, 5.74) is 0.372. The smallest absolute Gasteiger partial charge is 0.303 e. The lowest BCUT2D eigenvalue weighted by molar-refractivity contribution is -0.161. The number of aliphatic carboxylic acids is 1. The molecule has 4 heteroatoms. The van der Waals surface area contributed by atoms with E-state index in [-0.39, 0.29) is 6.10 Å². The lowest BCUT2D eigenvalue weighted by Gasteiger charge is -2.60. The molecule has 0 aromatic heterocycles. The Hall–Kier alpha value is -0.610. The summed E-state index contributed by atoms with van der Waals surface area (Å²) in [7, 11) is 1.84. The second-order valence-electron chi connectivity index (χ2n) is 10.9. The fourth-order valence-electron chi connectivity index (χ4n) is 8.39. The molecule has 4 aliphatic rings. The third-order valence-electron chi connectivity index (χ3n) is 9.88. The maximum absolute atomic E-state index is 11.2. The van der Waals surface area contributed by atoms with Gasteiger partial charge in [0.25, 0.3) is 0 Å². The first-order valence-electron chi connectivity index (χ1n) is 11.8. The highest BCUT2D eigenvalue weighted by Crippen LogP contribution is 2.64. The van der Waals surface area contributed by atoms with E-state index >= 15 is 0 Å². The molecule has 0 spiro atoms. The van der Waals surface area contributed by atoms with Gasteiger partial charge in [-0.15, -0.1) is 0 Å². The molecule has 160 valence electrons. The van der Waals surface area contributed by atoms with Gasteiger partial charge in [-0.1, -0.05) is 13.8 Å². The molecule has 0 bridgehead atoms. The van der Waals surface area contributed by atoms with Gasteiger partial charge in [0.1, 0.15) is 0 Å². The SMILES string of the molecule is COC1CCC2(C)C(C1)CC(O)C1C3CCC(C(C)CCC(=O)O)C3CCC12. The monoisotopic (exact) mass is 392 g/mol. The Labute approximate surface area is 170 Å². The number of carboxylic acids is 1. The molecule has 2 N–H and O–H groups in total. The second kappa shape index (κ2) is 7.91. The first-order valence-corrected chi connectivity index (χ1v) is 11.8. The van der Waals surface area contributed by atoms with Crippen molar-refractivity contribution in [2.24, 2.45) is 46.8 Å². The van der Waals surface area contributed by atoms with Crippen LogP contribution in [0.4, 0.5) is 0 Å². The van der Waals surface area contributed by atoms with Crippen LogP contribution in [0, 0.1) is 46.8 Å². The Morgan fingerprint density at radius 2 is 1.89 bits per heavy atom. The van der Waals surface area contributed by atoms with E-state index in [1.807, 2.05) is 7.11 Å². The van der Waals surface area contributed by atoms with Crippen molar-refractivity contribution in [1.82, 2.24) is 0 Å². The standard InChI is InChI=1S/C24H40O4/c1-14(4-9-22(26)27)17-5-6-19-18(17)7-8-20-23(19)21(25)13-15-12-16(28-3)10-11-24(15,20)2/h14-21,23,25H,4-13H2,1-3H3,(H,26,27). The third-order valence-corrected chi connectivity index (χ3v) is 9.88. The molecule has 4 aliphatic carbocycles. The molecule has 0 aliphatic heterocycles. The van der Waals surface area contributed by atoms with Crippen molar-refractivity contribution in [3.8, 4) is 0 Å². The summed E-state index contributed by atoms with van der Waals surface area (Å²) >= 11 is 0. The average Bonchev–Trinajstić information content (AvgIpc) is 3.10. The number of fused-ring (bicyclic) bond motifs is 5. The molecule has 0 radical (unpaired) electrons. The number of aliphatic hydroxyl groups excluding tert-OH is 1. The van der Waals surface area contributed by atoms with E-state index in [9.17, 15) is 9.90 Å². The van der Waals surface area contributed by atoms with Crippen LogP contribution in [-0.4, -0.2) is 35.5 Å². The Morgan fingerprint density at radius 3 is 2.61 bits per heavy atom. The van der Waals surface area contributed by atoms with E-state index in [2.05, 4.69) is 13.8 Å². The van der Waals surface area contributed by atoms with Crippen molar-refractivity contribution in [3.63, 3.8) is 0 Å². The number of hydrogen-bond donors (Lipinski definition) is 2. The fourth-order valence-corrected chi connectivity index (χ4v) is 8.39. The number of methoxy groups -OCH3 is 1. The first-order chi connectivity index (χ1) is 13.3. The van der Waals surface area contributed by atoms with Gasteiger partial charge in [0.2, 0.25) is 0 Å². The van der Waals surface area contributed by atoms with Gasteiger partial charge in [0, 0.05) is 13.5 Å². The van der Waals surface area contributed by atoms with Gasteiger partial charge in [0.05, 0.1) is 12.2 Å². The van der Waals surface area contributed by atoms with Crippen LogP contribution in [0.5, 0.6) is 0 Å². The van der Waals surface area contributed by atoms with Crippen LogP contribution in [-0.2, 0) is 9.53 Å². The highest BCUT2D eigenvalue weighted by Gasteiger charge is 2.59. The fraction of sp³-hybridized carbons (Fsp3) is 0.958. The number of hydrogen-bond acceptors (Lipinski definition) is 3. The van der Waals surface area contributed by atoms with Crippen LogP contribution in [0.25, 0.3) is 0 Å². The molecule has 28 heavy (non-hydrogen) atoms. The highest BCUT2D eigenvalue weighted by molar-refractivity contribution is 5.66. The van der Waals surface area contributed by atoms with E-state index in [1.165, 1.54) is 38.5 Å². The number of aliphatic hydroxyl groups is 1. The summed E-state index contributed by atoms with van der Waals surface area (Å²) in [6, 6.07) is 0. The predicted octanol–water partition coefficient (Wildman–Crippen LogP) is 4.74. The second-order valence-corrected chi connectivity index (χ2v) is 10.9. The minimum absolute atomic E-state index is 0.153. The van der Waals surface area contributed by atoms with Gasteiger partial charge in [-0.25, -0.2) is 0 Å². The third kappa shape index (κ3) is 3.43. The maximum atomic E-state index is 11.2. The summed E-state index contributed by atoms with van der Waals surface area (Å²) in [4.78, 5) is 11.0. The number of carbonyl (C=O) groups is 1. The van der Waals surface area contributed by atoms with E-state index < -0.39 is 5.97 Å². The molecule has 0 saturated heterocycles. The zero-order chi connectivity index (χ0) is 20.1. The van der Waals surface area contributed by atoms with Gasteiger partial charge in [-0.05, 0) is 105 Å². The van der Waals surface area contributed by atoms with Crippen LogP contribution in [0.3, 0.4) is 0 Å². The molecule has 0 aromatic rings. The molecular weight excluding hydrogens is 352 g/mol. The molecular formula is C24H40O4. The number of rotatable bonds is 5. The van der Waals surface area contributed by atoms with Gasteiger partial charge in [-0.3, -0.25) is 4.79 Å². The zero-order valence-corrected chi connectivity index (χ0v) is 18.0. The molecule has 4 saturated carbocycles. The predicted molar refractivity (Wildman–Crippen MR) is 109 cm³/mol. The van der Waals surface area contributed by atoms with Gasteiger partial charge >= 0.3 is 5.97 Å². The molecule has 10 unspecified atom stereocenters. The van der Waals surface area contributed by atoms with Crippen molar-refractivity contribution in [1.29, 1.82) is 0 Å². The van der Waals surface area contributed by atoms with Crippen LogP contribution in [0.1, 0.15) is 78.1 Å². The zero-order valence-electron chi connectivity index (χ0n) is 18.0. The van der Waals surface area contributed by atoms with Crippen molar-refractivity contribution in [3.05, 3.63) is 0 Å². The van der Waals surface area contributed by atoms with E-state index in [4.69, 9.17) is 9.84 Å². The number of carboxylic acid groups (broad SMARTS) is 1. The first kappa shape index (κ1) is 20.7. The Morgan fingerprint density at radius 1 is 1.14 bits per heavy atom. The highest BCUT2D eigenvalue weighted by atomic mass is 16.5.